The average Bonchev–Trinajstić information content (AvgIpc) is 2.40. The van der Waals surface area contributed by atoms with Crippen molar-refractivity contribution in [1.82, 2.24) is 14.1 Å². The van der Waals surface area contributed by atoms with Crippen LogP contribution in [0.1, 0.15) is 14.2 Å². The number of hydrogen-bond acceptors (Lipinski definition) is 4. The van der Waals surface area contributed by atoms with E-state index in [2.05, 4.69) is 13.1 Å². The Kier molecular flexibility index (Phi) is 6.02. The van der Waals surface area contributed by atoms with Crippen LogP contribution in [0.15, 0.2) is 6.20 Å². The molecule has 0 aliphatic carbocycles. The molecule has 0 atom stereocenters. The van der Waals surface area contributed by atoms with Gasteiger partial charge in [0.25, 0.3) is 0 Å². The summed E-state index contributed by atoms with van der Waals surface area (Å²) in [5, 5.41) is 0. The van der Waals surface area contributed by atoms with Crippen molar-refractivity contribution in [3.8, 4) is 0 Å². The second-order valence-corrected chi connectivity index (χ2v) is 7.56. The maximum absolute atomic E-state index is 12.1. The van der Waals surface area contributed by atoms with E-state index < -0.39 is 21.8 Å². The fourth-order valence-electron chi connectivity index (χ4n) is 2.38. The van der Waals surface area contributed by atoms with Crippen LogP contribution in [-0.2, 0) is 52.3 Å². The van der Waals surface area contributed by atoms with Crippen LogP contribution in [0, 0.1) is 18.5 Å². The summed E-state index contributed by atoms with van der Waals surface area (Å²) in [5.41, 5.74) is -0.421. The molecule has 0 aromatic carbocycles. The Labute approximate surface area is 158 Å². The predicted molar refractivity (Wildman–Crippen MR) is 75.7 cm³/mol. The van der Waals surface area contributed by atoms with Crippen LogP contribution in [0.25, 0.3) is 0 Å². The molecule has 2 amide bonds. The fraction of sp³-hybridized carbons (Fsp3) is 0.615. The molecule has 2 aliphatic rings. The molecular formula is C13H19N3O4SY-2. The number of amides is 2. The van der Waals surface area contributed by atoms with Gasteiger partial charge >= 0.3 is 0 Å². The van der Waals surface area contributed by atoms with Gasteiger partial charge in [-0.2, -0.15) is 6.20 Å². The third-order valence-corrected chi connectivity index (χ3v) is 4.91. The first-order valence-corrected chi connectivity index (χ1v) is 8.43. The van der Waals surface area contributed by atoms with Crippen molar-refractivity contribution in [3.05, 3.63) is 19.3 Å². The molecular weight excluding hydrogens is 383 g/mol. The summed E-state index contributed by atoms with van der Waals surface area (Å²) in [6, 6.07) is 0. The number of carbonyl (C=O) groups excluding carboxylic acids is 2. The molecule has 121 valence electrons. The minimum Gasteiger partial charge on any atom is -0.481 e. The van der Waals surface area contributed by atoms with Crippen LogP contribution in [0.5, 0.6) is 0 Å². The van der Waals surface area contributed by atoms with Crippen LogP contribution in [0.4, 0.5) is 0 Å². The number of carbonyl (C=O) groups is 2. The van der Waals surface area contributed by atoms with Crippen molar-refractivity contribution in [2.24, 2.45) is 5.41 Å². The largest absolute Gasteiger partial charge is 0.481 e. The third-order valence-electron chi connectivity index (χ3n) is 3.82. The van der Waals surface area contributed by atoms with E-state index in [4.69, 9.17) is 1.37 Å². The quantitative estimate of drug-likeness (QED) is 0.467. The summed E-state index contributed by atoms with van der Waals surface area (Å²) in [4.78, 5) is 25.9. The number of hydrogen-bond donors (Lipinski definition) is 0. The summed E-state index contributed by atoms with van der Waals surface area (Å²) in [5.74, 6) is -0.352. The summed E-state index contributed by atoms with van der Waals surface area (Å²) in [6.07, 6.45) is 5.43. The molecule has 1 fully saturated rings. The Morgan fingerprint density at radius 1 is 1.50 bits per heavy atom. The molecule has 0 spiro atoms. The van der Waals surface area contributed by atoms with Gasteiger partial charge in [-0.1, -0.05) is 19.0 Å². The van der Waals surface area contributed by atoms with Gasteiger partial charge in [-0.05, 0) is 6.54 Å². The van der Waals surface area contributed by atoms with E-state index in [9.17, 15) is 18.0 Å². The Morgan fingerprint density at radius 2 is 2.09 bits per heavy atom. The average molecular weight is 404 g/mol. The van der Waals surface area contributed by atoms with Crippen molar-refractivity contribution < 1.29 is 52.1 Å². The summed E-state index contributed by atoms with van der Waals surface area (Å²) >= 11 is 0. The molecule has 2 rings (SSSR count). The number of nitrogens with zero attached hydrogens (tertiary/aromatic N) is 3. The zero-order valence-corrected chi connectivity index (χ0v) is 16.1. The first kappa shape index (κ1) is 17.9. The SMILES string of the molecule is [3H]C(=O)N1CCC([CH2-])(CN2[C-]=CN(S(C)(=O)=O)CC2=O)CC1.[Y]. The monoisotopic (exact) mass is 404 g/mol. The van der Waals surface area contributed by atoms with Crippen molar-refractivity contribution in [2.75, 3.05) is 32.4 Å². The van der Waals surface area contributed by atoms with Gasteiger partial charge in [-0.25, -0.2) is 8.42 Å². The predicted octanol–water partition coefficient (Wildman–Crippen LogP) is -0.565. The van der Waals surface area contributed by atoms with E-state index in [-0.39, 0.29) is 45.2 Å². The molecule has 2 aliphatic heterocycles. The van der Waals surface area contributed by atoms with Gasteiger partial charge in [-0.15, -0.1) is 5.41 Å². The zero-order chi connectivity index (χ0) is 16.5. The standard InChI is InChI=1S/C13H19N3O4S.Y/c1-13(3-5-14(11-17)6-4-13)10-15-7-8-16(9-12(15)18)21(2,19)20;/h8,11H,1,3-6,9-10H2,2H3;/q-2;/i11T;. The Morgan fingerprint density at radius 3 is 2.55 bits per heavy atom. The number of sulfonamides is 1. The topological polar surface area (TPSA) is 78.0 Å². The van der Waals surface area contributed by atoms with E-state index >= 15 is 0 Å². The van der Waals surface area contributed by atoms with Gasteiger partial charge in [0.2, 0.25) is 16.4 Å². The normalized spacial score (nSPS) is 22.2. The van der Waals surface area contributed by atoms with Crippen molar-refractivity contribution in [2.45, 2.75) is 12.8 Å². The van der Waals surface area contributed by atoms with Crippen molar-refractivity contribution in [1.29, 1.82) is 0 Å². The maximum Gasteiger partial charge on any atom is 0.229 e. The van der Waals surface area contributed by atoms with Crippen LogP contribution in [0.3, 0.4) is 0 Å². The zero-order valence-electron chi connectivity index (χ0n) is 13.5. The van der Waals surface area contributed by atoms with Crippen LogP contribution < -0.4 is 0 Å². The fourth-order valence-corrected chi connectivity index (χ4v) is 2.97. The molecule has 0 aromatic rings. The van der Waals surface area contributed by atoms with Crippen LogP contribution >= 0.6 is 0 Å². The molecule has 7 nitrogen and oxygen atoms in total. The Hall–Kier alpha value is -0.466. The second kappa shape index (κ2) is 7.40. The summed E-state index contributed by atoms with van der Waals surface area (Å²) < 4.78 is 30.9. The van der Waals surface area contributed by atoms with Gasteiger partial charge in [0.1, 0.15) is 1.37 Å². The van der Waals surface area contributed by atoms with E-state index in [1.807, 2.05) is 0 Å². The van der Waals surface area contributed by atoms with Gasteiger partial charge < -0.3 is 25.8 Å². The van der Waals surface area contributed by atoms with E-state index in [1.54, 1.807) is 0 Å². The molecule has 0 aromatic heterocycles. The second-order valence-electron chi connectivity index (χ2n) is 5.62. The molecule has 0 N–H and O–H groups in total. The smallest absolute Gasteiger partial charge is 0.229 e. The van der Waals surface area contributed by atoms with Gasteiger partial charge in [0.05, 0.1) is 12.2 Å². The maximum atomic E-state index is 12.1. The van der Waals surface area contributed by atoms with E-state index in [0.717, 1.165) is 10.6 Å². The van der Waals surface area contributed by atoms with Gasteiger partial charge in [0, 0.05) is 52.3 Å². The summed E-state index contributed by atoms with van der Waals surface area (Å²) in [6.45, 7) is 5.10. The van der Waals surface area contributed by atoms with E-state index in [1.165, 1.54) is 16.0 Å². The molecule has 2 heterocycles. The molecule has 1 saturated heterocycles. The van der Waals surface area contributed by atoms with Gasteiger partial charge in [-0.3, -0.25) is 4.79 Å². The molecule has 22 heavy (non-hydrogen) atoms. The molecule has 9 heteroatoms. The number of likely N-dealkylation sites (tertiary alicyclic amines) is 1. The first-order chi connectivity index (χ1) is 10.1. The van der Waals surface area contributed by atoms with Gasteiger partial charge in [0.15, 0.2) is 0 Å². The van der Waals surface area contributed by atoms with Crippen LogP contribution in [0.2, 0.25) is 0 Å². The number of rotatable bonds is 3. The van der Waals surface area contributed by atoms with Crippen LogP contribution in [-0.4, -0.2) is 67.3 Å². The van der Waals surface area contributed by atoms with Crippen molar-refractivity contribution in [3.63, 3.8) is 0 Å². The summed E-state index contributed by atoms with van der Waals surface area (Å²) in [7, 11) is -3.46. The minimum absolute atomic E-state index is 0. The molecule has 0 saturated carbocycles. The number of piperidine rings is 1. The van der Waals surface area contributed by atoms with E-state index in [0.29, 0.717) is 32.5 Å². The molecule has 1 radical (unpaired) electrons. The Bertz CT molecular complexity index is 602. The molecule has 0 bridgehead atoms. The van der Waals surface area contributed by atoms with Crippen molar-refractivity contribution >= 4 is 22.3 Å². The minimum atomic E-state index is -3.46. The third kappa shape index (κ3) is 4.76. The first-order valence-electron chi connectivity index (χ1n) is 7.08. The Balaban J connectivity index is 0.00000264. The molecule has 0 unspecified atom stereocenters.